The number of carbonyl (C=O) groups is 1. The molecule has 1 unspecified atom stereocenters. The van der Waals surface area contributed by atoms with Crippen molar-refractivity contribution in [2.24, 2.45) is 10.9 Å². The topological polar surface area (TPSA) is 72.3 Å². The van der Waals surface area contributed by atoms with E-state index in [4.69, 9.17) is 10.9 Å². The number of amides is 1. The van der Waals surface area contributed by atoms with Crippen molar-refractivity contribution in [3.05, 3.63) is 0 Å². The third kappa shape index (κ3) is 1.12. The molecule has 1 aliphatic rings. The molecule has 0 aromatic rings. The van der Waals surface area contributed by atoms with Crippen LogP contribution in [0.25, 0.3) is 0 Å². The second-order valence-corrected chi connectivity index (χ2v) is 3.14. The van der Waals surface area contributed by atoms with E-state index in [2.05, 4.69) is 0 Å². The van der Waals surface area contributed by atoms with Crippen LogP contribution in [-0.2, 0) is 0 Å². The molecule has 1 rings (SSSR count). The highest BCUT2D eigenvalue weighted by Gasteiger charge is 2.17. The molecule has 0 saturated heterocycles. The molecule has 1 amide bonds. The first-order chi connectivity index (χ1) is 4.25. The third-order valence-electron chi connectivity index (χ3n) is 1.15. The Morgan fingerprint density at radius 3 is 2.78 bits per heavy atom. The van der Waals surface area contributed by atoms with Crippen molar-refractivity contribution >= 4 is 21.3 Å². The van der Waals surface area contributed by atoms with Gasteiger partial charge < -0.3 is 10.6 Å². The van der Waals surface area contributed by atoms with Crippen molar-refractivity contribution in [2.45, 2.75) is 0 Å². The number of nitrogens with two attached hydrogens (primary N) is 2. The molecule has 0 spiro atoms. The van der Waals surface area contributed by atoms with Gasteiger partial charge in [0, 0.05) is 6.54 Å². The Morgan fingerprint density at radius 1 is 1.89 bits per heavy atom. The molecule has 1 aliphatic heterocycles. The third-order valence-corrected chi connectivity index (χ3v) is 2.32. The summed E-state index contributed by atoms with van der Waals surface area (Å²) in [6.07, 6.45) is 0. The lowest BCUT2D eigenvalue weighted by atomic mass is 10.7. The van der Waals surface area contributed by atoms with Gasteiger partial charge in [0.2, 0.25) is 0 Å². The lowest BCUT2D eigenvalue weighted by Gasteiger charge is -2.10. The van der Waals surface area contributed by atoms with E-state index in [-0.39, 0.29) is 11.9 Å². The van der Waals surface area contributed by atoms with Gasteiger partial charge in [-0.25, -0.2) is 0 Å². The molecule has 4 nitrogen and oxygen atoms in total. The second kappa shape index (κ2) is 2.47. The first-order valence-electron chi connectivity index (χ1n) is 2.55. The monoisotopic (exact) mass is 147 g/mol. The summed E-state index contributed by atoms with van der Waals surface area (Å²) in [5.74, 6) is 0. The van der Waals surface area contributed by atoms with E-state index in [1.807, 2.05) is 0 Å². The second-order valence-electron chi connectivity index (χ2n) is 1.71. The quantitative estimate of drug-likeness (QED) is 0.481. The summed E-state index contributed by atoms with van der Waals surface area (Å²) < 4.78 is 0. The molecule has 0 radical (unpaired) electrons. The molecule has 52 valence electrons. The summed E-state index contributed by atoms with van der Waals surface area (Å²) in [5, 5.41) is 7.10. The largest absolute Gasteiger partial charge is 0.316 e. The van der Waals surface area contributed by atoms with E-state index in [1.165, 1.54) is 4.90 Å². The zero-order valence-electron chi connectivity index (χ0n) is 4.91. The van der Waals surface area contributed by atoms with Crippen LogP contribution in [-0.4, -0.2) is 28.7 Å². The van der Waals surface area contributed by atoms with Crippen LogP contribution in [0.4, 0.5) is 4.79 Å². The molecular formula is C4H9N3OS. The van der Waals surface area contributed by atoms with E-state index in [0.717, 1.165) is 0 Å². The van der Waals surface area contributed by atoms with E-state index >= 15 is 0 Å². The summed E-state index contributed by atoms with van der Waals surface area (Å²) in [6.45, 7) is 0.880. The fourth-order valence-corrected chi connectivity index (χ4v) is 1.54. The van der Waals surface area contributed by atoms with Crippen LogP contribution in [0.1, 0.15) is 0 Å². The van der Waals surface area contributed by atoms with Crippen LogP contribution < -0.4 is 10.9 Å². The van der Waals surface area contributed by atoms with E-state index in [1.54, 1.807) is 5.37 Å². The van der Waals surface area contributed by atoms with Gasteiger partial charge in [-0.2, -0.15) is 0 Å². The van der Waals surface area contributed by atoms with Crippen molar-refractivity contribution in [1.82, 2.24) is 4.90 Å². The Morgan fingerprint density at radius 2 is 2.56 bits per heavy atom. The standard InChI is InChI=1S/C4H9N3OS/c5-3-7-1-2-9(6)4(7)8/h2H,1,3,5-6H2. The van der Waals surface area contributed by atoms with Gasteiger partial charge in [-0.1, -0.05) is 0 Å². The average Bonchev–Trinajstić information content (AvgIpc) is 2.15. The zero-order chi connectivity index (χ0) is 6.85. The van der Waals surface area contributed by atoms with Crippen LogP contribution in [0.3, 0.4) is 0 Å². The maximum atomic E-state index is 10.8. The van der Waals surface area contributed by atoms with E-state index in [0.29, 0.717) is 6.54 Å². The molecule has 5 heteroatoms. The molecule has 0 aromatic carbocycles. The van der Waals surface area contributed by atoms with Gasteiger partial charge in [0.05, 0.1) is 6.67 Å². The van der Waals surface area contributed by atoms with E-state index < -0.39 is 10.7 Å². The number of nitrogens with zero attached hydrogens (tertiary/aromatic N) is 1. The highest BCUT2D eigenvalue weighted by molar-refractivity contribution is 8.26. The van der Waals surface area contributed by atoms with Gasteiger partial charge in [-0.15, -0.1) is 0 Å². The minimum atomic E-state index is -0.666. The predicted molar refractivity (Wildman–Crippen MR) is 39.0 cm³/mol. The highest BCUT2D eigenvalue weighted by Crippen LogP contribution is 2.13. The van der Waals surface area contributed by atoms with Gasteiger partial charge in [0.1, 0.15) is 0 Å². The lowest BCUT2D eigenvalue weighted by molar-refractivity contribution is 0.232. The first-order valence-corrected chi connectivity index (χ1v) is 3.90. The zero-order valence-corrected chi connectivity index (χ0v) is 5.73. The minimum Gasteiger partial charge on any atom is -0.316 e. The van der Waals surface area contributed by atoms with Crippen molar-refractivity contribution in [1.29, 1.82) is 0 Å². The molecule has 0 fully saturated rings. The normalized spacial score (nSPS) is 26.7. The molecular weight excluding hydrogens is 138 g/mol. The molecule has 0 bridgehead atoms. The first kappa shape index (κ1) is 6.73. The van der Waals surface area contributed by atoms with Crippen LogP contribution in [0.5, 0.6) is 0 Å². The Hall–Kier alpha value is -0.390. The molecule has 0 aliphatic carbocycles. The Balaban J connectivity index is 2.62. The predicted octanol–water partition coefficient (Wildman–Crippen LogP) is -0.717. The van der Waals surface area contributed by atoms with Gasteiger partial charge in [0.25, 0.3) is 5.24 Å². The van der Waals surface area contributed by atoms with Crippen LogP contribution in [0.2, 0.25) is 0 Å². The Bertz CT molecular complexity index is 167. The lowest BCUT2D eigenvalue weighted by Crippen LogP contribution is -2.31. The summed E-state index contributed by atoms with van der Waals surface area (Å²) in [4.78, 5) is 12.4. The van der Waals surface area contributed by atoms with Crippen LogP contribution >= 0.6 is 10.7 Å². The molecule has 0 aromatic heterocycles. The number of hydrogen-bond donors (Lipinski definition) is 2. The summed E-state index contributed by atoms with van der Waals surface area (Å²) in [7, 11) is -0.666. The summed E-state index contributed by atoms with van der Waals surface area (Å²) in [6, 6.07) is 0. The summed E-state index contributed by atoms with van der Waals surface area (Å²) >= 11 is 0. The minimum absolute atomic E-state index is 0.0440. The van der Waals surface area contributed by atoms with Crippen LogP contribution in [0, 0.1) is 0 Å². The SMILES string of the molecule is NCN1CC=S(N)C1=O. The van der Waals surface area contributed by atoms with Crippen molar-refractivity contribution in [2.75, 3.05) is 13.2 Å². The Labute approximate surface area is 55.9 Å². The van der Waals surface area contributed by atoms with Gasteiger partial charge >= 0.3 is 0 Å². The van der Waals surface area contributed by atoms with Crippen molar-refractivity contribution in [3.63, 3.8) is 0 Å². The maximum absolute atomic E-state index is 10.8. The number of hydrogen-bond acceptors (Lipinski definition) is 3. The molecule has 9 heavy (non-hydrogen) atoms. The average molecular weight is 147 g/mol. The van der Waals surface area contributed by atoms with Crippen molar-refractivity contribution < 1.29 is 4.79 Å². The highest BCUT2D eigenvalue weighted by atomic mass is 32.2. The van der Waals surface area contributed by atoms with Gasteiger partial charge in [0.15, 0.2) is 0 Å². The molecule has 1 heterocycles. The molecule has 1 atom stereocenters. The van der Waals surface area contributed by atoms with Gasteiger partial charge in [-0.3, -0.25) is 9.93 Å². The van der Waals surface area contributed by atoms with E-state index in [9.17, 15) is 4.79 Å². The molecule has 0 saturated carbocycles. The van der Waals surface area contributed by atoms with Gasteiger partial charge in [-0.05, 0) is 16.0 Å². The van der Waals surface area contributed by atoms with Crippen LogP contribution in [0.15, 0.2) is 0 Å². The maximum Gasteiger partial charge on any atom is 0.290 e. The number of carbonyl (C=O) groups excluding carboxylic acids is 1. The van der Waals surface area contributed by atoms with Crippen molar-refractivity contribution in [3.8, 4) is 0 Å². The smallest absolute Gasteiger partial charge is 0.290 e. The summed E-state index contributed by atoms with van der Waals surface area (Å²) in [5.41, 5.74) is 5.22. The fourth-order valence-electron chi connectivity index (χ4n) is 0.614. The Kier molecular flexibility index (Phi) is 1.84. The molecule has 4 N–H and O–H groups in total. The fraction of sp³-hybridized carbons (Fsp3) is 0.500. The number of rotatable bonds is 1.